The van der Waals surface area contributed by atoms with Crippen molar-refractivity contribution in [2.75, 3.05) is 13.2 Å². The van der Waals surface area contributed by atoms with Crippen LogP contribution in [0.4, 0.5) is 0 Å². The monoisotopic (exact) mass is 430 g/mol. The molecule has 2 aliphatic rings. The van der Waals surface area contributed by atoms with Gasteiger partial charge in [0.05, 0.1) is 30.2 Å². The second-order valence-electron chi connectivity index (χ2n) is 7.65. The van der Waals surface area contributed by atoms with Crippen molar-refractivity contribution in [1.29, 1.82) is 0 Å². The maximum absolute atomic E-state index is 12.8. The Morgan fingerprint density at radius 1 is 1.07 bits per heavy atom. The maximum atomic E-state index is 12.8. The number of carbonyl (C=O) groups is 1. The van der Waals surface area contributed by atoms with E-state index in [0.29, 0.717) is 24.7 Å². The summed E-state index contributed by atoms with van der Waals surface area (Å²) in [4.78, 5) is 12.8. The first-order valence-corrected chi connectivity index (χ1v) is 11.7. The number of fused-ring (bicyclic) bond motifs is 2. The molecule has 0 aromatic heterocycles. The number of nitrogens with one attached hydrogen (secondary N) is 2. The van der Waals surface area contributed by atoms with E-state index in [-0.39, 0.29) is 16.8 Å². The zero-order valence-electron chi connectivity index (χ0n) is 16.9. The first kappa shape index (κ1) is 20.7. The molecule has 8 heteroatoms. The van der Waals surface area contributed by atoms with E-state index < -0.39 is 16.1 Å². The SMILES string of the molecule is C[C@H](NS(=O)(=O)c1ccc2c(c1)OCCCO2)C(=O)N[C@H]1CCCc2ccccc21. The molecule has 4 rings (SSSR count). The summed E-state index contributed by atoms with van der Waals surface area (Å²) in [5.74, 6) is 0.564. The van der Waals surface area contributed by atoms with Crippen molar-refractivity contribution in [3.63, 3.8) is 0 Å². The number of benzene rings is 2. The molecule has 0 saturated heterocycles. The van der Waals surface area contributed by atoms with Crippen molar-refractivity contribution < 1.29 is 22.7 Å². The fraction of sp³-hybridized carbons (Fsp3) is 0.409. The average molecular weight is 431 g/mol. The Morgan fingerprint density at radius 2 is 1.83 bits per heavy atom. The number of sulfonamides is 1. The van der Waals surface area contributed by atoms with E-state index in [9.17, 15) is 13.2 Å². The third-order valence-electron chi connectivity index (χ3n) is 5.44. The summed E-state index contributed by atoms with van der Waals surface area (Å²) in [6.07, 6.45) is 3.55. The molecule has 7 nitrogen and oxygen atoms in total. The van der Waals surface area contributed by atoms with Crippen LogP contribution in [0, 0.1) is 0 Å². The Bertz CT molecular complexity index is 1040. The lowest BCUT2D eigenvalue weighted by molar-refractivity contribution is -0.123. The third-order valence-corrected chi connectivity index (χ3v) is 6.98. The summed E-state index contributed by atoms with van der Waals surface area (Å²) >= 11 is 0. The fourth-order valence-corrected chi connectivity index (χ4v) is 5.08. The summed E-state index contributed by atoms with van der Waals surface area (Å²) < 4.78 is 39.2. The summed E-state index contributed by atoms with van der Waals surface area (Å²) in [6, 6.07) is 11.5. The van der Waals surface area contributed by atoms with Gasteiger partial charge in [-0.15, -0.1) is 0 Å². The molecule has 0 saturated carbocycles. The Hall–Kier alpha value is -2.58. The van der Waals surface area contributed by atoms with Gasteiger partial charge in [0.1, 0.15) is 0 Å². The van der Waals surface area contributed by atoms with Gasteiger partial charge in [-0.05, 0) is 49.4 Å². The molecule has 160 valence electrons. The minimum absolute atomic E-state index is 0.0365. The second-order valence-corrected chi connectivity index (χ2v) is 9.37. The first-order chi connectivity index (χ1) is 14.4. The number of ether oxygens (including phenoxy) is 2. The van der Waals surface area contributed by atoms with E-state index >= 15 is 0 Å². The highest BCUT2D eigenvalue weighted by Crippen LogP contribution is 2.32. The lowest BCUT2D eigenvalue weighted by Crippen LogP contribution is -2.46. The zero-order chi connectivity index (χ0) is 21.1. The second kappa shape index (κ2) is 8.65. The molecule has 30 heavy (non-hydrogen) atoms. The summed E-state index contributed by atoms with van der Waals surface area (Å²) in [5.41, 5.74) is 2.34. The van der Waals surface area contributed by atoms with Gasteiger partial charge < -0.3 is 14.8 Å². The van der Waals surface area contributed by atoms with Gasteiger partial charge in [-0.2, -0.15) is 4.72 Å². The first-order valence-electron chi connectivity index (χ1n) is 10.2. The van der Waals surface area contributed by atoms with Crippen molar-refractivity contribution in [2.24, 2.45) is 0 Å². The van der Waals surface area contributed by atoms with Crippen LogP contribution in [0.2, 0.25) is 0 Å². The number of amides is 1. The number of carbonyl (C=O) groups excluding carboxylic acids is 1. The van der Waals surface area contributed by atoms with Gasteiger partial charge in [0.15, 0.2) is 11.5 Å². The summed E-state index contributed by atoms with van der Waals surface area (Å²) in [7, 11) is -3.90. The molecule has 0 fully saturated rings. The molecule has 0 radical (unpaired) electrons. The lowest BCUT2D eigenvalue weighted by atomic mass is 9.87. The molecule has 2 atom stereocenters. The van der Waals surface area contributed by atoms with E-state index in [1.54, 1.807) is 13.0 Å². The van der Waals surface area contributed by atoms with Crippen molar-refractivity contribution >= 4 is 15.9 Å². The predicted octanol–water partition coefficient (Wildman–Crippen LogP) is 2.71. The molecule has 2 N–H and O–H groups in total. The van der Waals surface area contributed by atoms with Crippen molar-refractivity contribution in [2.45, 2.75) is 49.6 Å². The highest BCUT2D eigenvalue weighted by atomic mass is 32.2. The van der Waals surface area contributed by atoms with Crippen LogP contribution in [0.1, 0.15) is 43.4 Å². The minimum atomic E-state index is -3.90. The van der Waals surface area contributed by atoms with E-state index in [4.69, 9.17) is 9.47 Å². The van der Waals surface area contributed by atoms with E-state index in [1.807, 2.05) is 18.2 Å². The van der Waals surface area contributed by atoms with Crippen LogP contribution in [0.3, 0.4) is 0 Å². The van der Waals surface area contributed by atoms with E-state index in [0.717, 1.165) is 31.2 Å². The van der Waals surface area contributed by atoms with E-state index in [1.165, 1.54) is 17.7 Å². The molecule has 1 heterocycles. The highest BCUT2D eigenvalue weighted by molar-refractivity contribution is 7.89. The number of rotatable bonds is 5. The Balaban J connectivity index is 1.45. The topological polar surface area (TPSA) is 93.7 Å². The molecule has 1 aliphatic carbocycles. The van der Waals surface area contributed by atoms with Gasteiger partial charge in [0.25, 0.3) is 0 Å². The maximum Gasteiger partial charge on any atom is 0.241 e. The molecule has 2 aromatic rings. The molecule has 0 unspecified atom stereocenters. The van der Waals surface area contributed by atoms with Crippen molar-refractivity contribution in [3.05, 3.63) is 53.6 Å². The molecular formula is C22H26N2O5S. The normalized spacial score (nSPS) is 19.3. The smallest absolute Gasteiger partial charge is 0.241 e. The summed E-state index contributed by atoms with van der Waals surface area (Å²) in [6.45, 7) is 2.54. The Morgan fingerprint density at radius 3 is 2.67 bits per heavy atom. The number of hydrogen-bond acceptors (Lipinski definition) is 5. The van der Waals surface area contributed by atoms with Crippen molar-refractivity contribution in [3.8, 4) is 11.5 Å². The van der Waals surface area contributed by atoms with Crippen LogP contribution in [-0.2, 0) is 21.2 Å². The fourth-order valence-electron chi connectivity index (χ4n) is 3.87. The molecule has 0 spiro atoms. The van der Waals surface area contributed by atoms with Crippen LogP contribution in [0.15, 0.2) is 47.4 Å². The third kappa shape index (κ3) is 4.44. The quantitative estimate of drug-likeness (QED) is 0.761. The van der Waals surface area contributed by atoms with Gasteiger partial charge in [0, 0.05) is 12.5 Å². The van der Waals surface area contributed by atoms with Crippen LogP contribution in [-0.4, -0.2) is 33.6 Å². The van der Waals surface area contributed by atoms with Crippen LogP contribution >= 0.6 is 0 Å². The molecule has 0 bridgehead atoms. The minimum Gasteiger partial charge on any atom is -0.490 e. The largest absolute Gasteiger partial charge is 0.490 e. The van der Waals surface area contributed by atoms with Gasteiger partial charge >= 0.3 is 0 Å². The molecule has 2 aromatic carbocycles. The molecule has 1 amide bonds. The average Bonchev–Trinajstić information content (AvgIpc) is 2.98. The van der Waals surface area contributed by atoms with Gasteiger partial charge in [0.2, 0.25) is 15.9 Å². The molecular weight excluding hydrogens is 404 g/mol. The zero-order valence-corrected chi connectivity index (χ0v) is 17.7. The van der Waals surface area contributed by atoms with Crippen LogP contribution in [0.5, 0.6) is 11.5 Å². The predicted molar refractivity (Wildman–Crippen MR) is 112 cm³/mol. The van der Waals surface area contributed by atoms with E-state index in [2.05, 4.69) is 16.1 Å². The van der Waals surface area contributed by atoms with Crippen LogP contribution in [0.25, 0.3) is 0 Å². The lowest BCUT2D eigenvalue weighted by Gasteiger charge is -2.27. The Labute approximate surface area is 176 Å². The van der Waals surface area contributed by atoms with Crippen LogP contribution < -0.4 is 19.5 Å². The number of hydrogen-bond donors (Lipinski definition) is 2. The number of aryl methyl sites for hydroxylation is 1. The standard InChI is InChI=1S/C22H26N2O5S/c1-15(22(25)23-19-9-4-7-16-6-2-3-8-18(16)19)24-30(26,27)17-10-11-20-21(14-17)29-13-5-12-28-20/h2-3,6,8,10-11,14-15,19,24H,4-5,7,9,12-13H2,1H3,(H,23,25)/t15-,19-/m0/s1. The van der Waals surface area contributed by atoms with Gasteiger partial charge in [-0.25, -0.2) is 8.42 Å². The molecule has 1 aliphatic heterocycles. The van der Waals surface area contributed by atoms with Gasteiger partial charge in [-0.1, -0.05) is 24.3 Å². The summed E-state index contributed by atoms with van der Waals surface area (Å²) in [5, 5.41) is 3.00. The van der Waals surface area contributed by atoms with Crippen molar-refractivity contribution in [1.82, 2.24) is 10.0 Å². The van der Waals surface area contributed by atoms with Gasteiger partial charge in [-0.3, -0.25) is 4.79 Å². The Kier molecular flexibility index (Phi) is 5.97. The highest BCUT2D eigenvalue weighted by Gasteiger charge is 2.27.